The Hall–Kier alpha value is -3.89. The van der Waals surface area contributed by atoms with Crippen LogP contribution in [0.1, 0.15) is 26.7 Å². The summed E-state index contributed by atoms with van der Waals surface area (Å²) >= 11 is 13.3. The number of anilines is 1. The summed E-state index contributed by atoms with van der Waals surface area (Å²) in [5, 5.41) is 13.3. The van der Waals surface area contributed by atoms with E-state index in [4.69, 9.17) is 43.1 Å². The third-order valence-electron chi connectivity index (χ3n) is 7.16. The molecule has 1 aliphatic heterocycles. The monoisotopic (exact) mass is 643 g/mol. The van der Waals surface area contributed by atoms with Gasteiger partial charge in [0.25, 0.3) is 11.5 Å². The number of piperidine rings is 1. The molecule has 0 atom stereocenters. The van der Waals surface area contributed by atoms with E-state index in [0.29, 0.717) is 54.4 Å². The summed E-state index contributed by atoms with van der Waals surface area (Å²) in [5.74, 6) is 0.603. The maximum atomic E-state index is 14.0. The van der Waals surface area contributed by atoms with Crippen LogP contribution in [0.25, 0.3) is 22.2 Å². The van der Waals surface area contributed by atoms with Crippen molar-refractivity contribution >= 4 is 46.1 Å². The van der Waals surface area contributed by atoms with Crippen molar-refractivity contribution in [1.82, 2.24) is 19.4 Å². The first-order valence-corrected chi connectivity index (χ1v) is 14.7. The molecule has 3 heterocycles. The average Bonchev–Trinajstić information content (AvgIpc) is 3.00. The number of benzene rings is 1. The van der Waals surface area contributed by atoms with Crippen molar-refractivity contribution in [2.75, 3.05) is 46.3 Å². The summed E-state index contributed by atoms with van der Waals surface area (Å²) in [4.78, 5) is 37.3. The lowest BCUT2D eigenvalue weighted by Crippen LogP contribution is -2.42. The largest absolute Gasteiger partial charge is 0.495 e. The first-order chi connectivity index (χ1) is 20.9. The van der Waals surface area contributed by atoms with Gasteiger partial charge in [-0.15, -0.1) is 0 Å². The Labute approximate surface area is 265 Å². The Balaban J connectivity index is 1.59. The van der Waals surface area contributed by atoms with E-state index in [1.807, 2.05) is 6.07 Å². The second kappa shape index (κ2) is 13.8. The molecule has 0 aliphatic carbocycles. The van der Waals surface area contributed by atoms with Crippen LogP contribution in [0.2, 0.25) is 10.0 Å². The van der Waals surface area contributed by atoms with E-state index in [2.05, 4.69) is 15.3 Å². The van der Waals surface area contributed by atoms with Crippen molar-refractivity contribution in [1.29, 1.82) is 5.26 Å². The second-order valence-electron chi connectivity index (χ2n) is 10.9. The van der Waals surface area contributed by atoms with Crippen molar-refractivity contribution in [2.45, 2.75) is 44.9 Å². The van der Waals surface area contributed by atoms with E-state index in [0.717, 1.165) is 0 Å². The number of pyridine rings is 1. The molecule has 2 aromatic heterocycles. The maximum absolute atomic E-state index is 14.0. The van der Waals surface area contributed by atoms with Crippen molar-refractivity contribution in [3.05, 3.63) is 50.4 Å². The van der Waals surface area contributed by atoms with Gasteiger partial charge < -0.3 is 30.2 Å². The summed E-state index contributed by atoms with van der Waals surface area (Å²) in [5.41, 5.74) is 5.72. The molecule has 0 saturated carbocycles. The van der Waals surface area contributed by atoms with Crippen LogP contribution >= 0.6 is 23.2 Å². The minimum atomic E-state index is -0.782. The SMILES string of the molecule is CNc1ncc2cc(-c3c(Cl)c(OC)cc(OC)c3Cl)c(=O)n(CCOC3CCN(C(=O)C(C#N)=CC(C)(C)N)CC3)c2n1. The molecule has 0 radical (unpaired) electrons. The number of halogens is 2. The van der Waals surface area contributed by atoms with E-state index < -0.39 is 5.54 Å². The smallest absolute Gasteiger partial charge is 0.264 e. The van der Waals surface area contributed by atoms with Crippen LogP contribution in [-0.2, 0) is 16.1 Å². The van der Waals surface area contributed by atoms with Crippen LogP contribution in [0.5, 0.6) is 11.5 Å². The highest BCUT2D eigenvalue weighted by atomic mass is 35.5. The summed E-state index contributed by atoms with van der Waals surface area (Å²) in [6.45, 7) is 4.68. The number of ether oxygens (including phenoxy) is 3. The van der Waals surface area contributed by atoms with Crippen LogP contribution in [0.4, 0.5) is 5.95 Å². The molecule has 1 aromatic carbocycles. The summed E-state index contributed by atoms with van der Waals surface area (Å²) in [6, 6.07) is 5.16. The normalized spacial score (nSPS) is 14.4. The zero-order valence-corrected chi connectivity index (χ0v) is 26.8. The van der Waals surface area contributed by atoms with Crippen LogP contribution in [-0.4, -0.2) is 77.9 Å². The number of methoxy groups -OCH3 is 2. The Kier molecular flexibility index (Phi) is 10.4. The van der Waals surface area contributed by atoms with E-state index in [1.54, 1.807) is 44.1 Å². The quantitative estimate of drug-likeness (QED) is 0.244. The molecule has 12 nitrogen and oxygen atoms in total. The fourth-order valence-electron chi connectivity index (χ4n) is 5.01. The molecule has 234 valence electrons. The van der Waals surface area contributed by atoms with Gasteiger partial charge in [0.05, 0.1) is 49.1 Å². The fraction of sp³-hybridized carbons (Fsp3) is 0.433. The molecule has 1 fully saturated rings. The molecule has 1 saturated heterocycles. The number of fused-ring (bicyclic) bond motifs is 1. The second-order valence-corrected chi connectivity index (χ2v) is 11.6. The summed E-state index contributed by atoms with van der Waals surface area (Å²) in [7, 11) is 4.61. The predicted molar refractivity (Wildman–Crippen MR) is 169 cm³/mol. The number of nitrogens with one attached hydrogen (secondary N) is 1. The van der Waals surface area contributed by atoms with Crippen LogP contribution in [0.3, 0.4) is 0 Å². The topological polar surface area (TPSA) is 158 Å². The Morgan fingerprint density at radius 1 is 1.20 bits per heavy atom. The van der Waals surface area contributed by atoms with E-state index in [-0.39, 0.29) is 57.5 Å². The molecular weight excluding hydrogens is 609 g/mol. The molecule has 1 amide bonds. The van der Waals surface area contributed by atoms with Gasteiger partial charge in [-0.1, -0.05) is 23.2 Å². The van der Waals surface area contributed by atoms with Crippen LogP contribution < -0.4 is 26.1 Å². The summed E-state index contributed by atoms with van der Waals surface area (Å²) in [6.07, 6.45) is 4.11. The van der Waals surface area contributed by atoms with Crippen molar-refractivity contribution in [2.24, 2.45) is 5.73 Å². The molecule has 14 heteroatoms. The fourth-order valence-corrected chi connectivity index (χ4v) is 5.71. The highest BCUT2D eigenvalue weighted by molar-refractivity contribution is 6.41. The van der Waals surface area contributed by atoms with Gasteiger partial charge in [0, 0.05) is 48.9 Å². The molecule has 4 rings (SSSR count). The molecule has 0 bridgehead atoms. The first kappa shape index (κ1) is 33.0. The number of nitriles is 1. The van der Waals surface area contributed by atoms with E-state index in [9.17, 15) is 14.9 Å². The minimum Gasteiger partial charge on any atom is -0.495 e. The van der Waals surface area contributed by atoms with Gasteiger partial charge in [-0.25, -0.2) is 4.98 Å². The number of rotatable bonds is 10. The number of amides is 1. The number of carbonyl (C=O) groups excluding carboxylic acids is 1. The van der Waals surface area contributed by atoms with Crippen LogP contribution in [0, 0.1) is 11.3 Å². The number of likely N-dealkylation sites (tertiary alicyclic amines) is 1. The van der Waals surface area contributed by atoms with Crippen molar-refractivity contribution < 1.29 is 19.0 Å². The number of hydrogen-bond donors (Lipinski definition) is 2. The lowest BCUT2D eigenvalue weighted by Gasteiger charge is -2.32. The number of carbonyl (C=O) groups is 1. The van der Waals surface area contributed by atoms with E-state index >= 15 is 0 Å². The Morgan fingerprint density at radius 3 is 2.39 bits per heavy atom. The van der Waals surface area contributed by atoms with Crippen molar-refractivity contribution in [3.8, 4) is 28.7 Å². The number of aromatic nitrogens is 3. The Bertz CT molecular complexity index is 1660. The number of nitrogens with two attached hydrogens (primary N) is 1. The van der Waals surface area contributed by atoms with Gasteiger partial charge in [0.1, 0.15) is 28.8 Å². The van der Waals surface area contributed by atoms with Crippen molar-refractivity contribution in [3.63, 3.8) is 0 Å². The van der Waals surface area contributed by atoms with Gasteiger partial charge in [0.2, 0.25) is 5.95 Å². The summed E-state index contributed by atoms with van der Waals surface area (Å²) < 4.78 is 18.5. The number of hydrogen-bond acceptors (Lipinski definition) is 10. The van der Waals surface area contributed by atoms with E-state index in [1.165, 1.54) is 24.9 Å². The van der Waals surface area contributed by atoms with Gasteiger partial charge in [-0.3, -0.25) is 14.2 Å². The molecule has 3 N–H and O–H groups in total. The minimum absolute atomic E-state index is 0.0276. The molecule has 1 aliphatic rings. The molecule has 0 spiro atoms. The maximum Gasteiger partial charge on any atom is 0.264 e. The van der Waals surface area contributed by atoms with Gasteiger partial charge >= 0.3 is 0 Å². The lowest BCUT2D eigenvalue weighted by atomic mass is 10.0. The molecule has 44 heavy (non-hydrogen) atoms. The molecular formula is C30H35Cl2N7O5. The highest BCUT2D eigenvalue weighted by Crippen LogP contribution is 2.45. The number of nitrogens with zero attached hydrogens (tertiary/aromatic N) is 5. The predicted octanol–water partition coefficient (Wildman–Crippen LogP) is 4.02. The zero-order chi connectivity index (χ0) is 32.2. The van der Waals surface area contributed by atoms with Crippen LogP contribution in [0.15, 0.2) is 34.8 Å². The molecule has 0 unspecified atom stereocenters. The standard InChI is InChI=1S/C30H35Cl2N7O5/c1-30(2,34)14-18(15-33)27(40)38-8-6-19(7-9-38)44-11-10-39-26-17(16-36-29(35-3)37-26)12-20(28(39)41)23-24(31)21(42-4)13-22(43-5)25(23)32/h12-14,16,19H,6-11,34H2,1-5H3,(H,35,36,37). The Morgan fingerprint density at radius 2 is 1.84 bits per heavy atom. The zero-order valence-electron chi connectivity index (χ0n) is 25.2. The van der Waals surface area contributed by atoms with Gasteiger partial charge in [0.15, 0.2) is 0 Å². The average molecular weight is 645 g/mol. The first-order valence-electron chi connectivity index (χ1n) is 13.9. The third kappa shape index (κ3) is 7.08. The third-order valence-corrected chi connectivity index (χ3v) is 7.91. The van der Waals surface area contributed by atoms with Gasteiger partial charge in [-0.2, -0.15) is 10.2 Å². The van der Waals surface area contributed by atoms with Gasteiger partial charge in [-0.05, 0) is 38.8 Å². The molecule has 3 aromatic rings. The lowest BCUT2D eigenvalue weighted by molar-refractivity contribution is -0.129. The highest BCUT2D eigenvalue weighted by Gasteiger charge is 2.27.